The van der Waals surface area contributed by atoms with Crippen LogP contribution >= 0.6 is 0 Å². The lowest BCUT2D eigenvalue weighted by Crippen LogP contribution is -2.57. The number of rotatable bonds is 23. The molecule has 4 amide bonds. The van der Waals surface area contributed by atoms with Gasteiger partial charge in [-0.3, -0.25) is 34.1 Å². The van der Waals surface area contributed by atoms with Crippen molar-refractivity contribution in [1.29, 1.82) is 0 Å². The van der Waals surface area contributed by atoms with Crippen LogP contribution in [-0.4, -0.2) is 87.8 Å². The summed E-state index contributed by atoms with van der Waals surface area (Å²) in [6.45, 7) is 3.44. The number of amides is 4. The van der Waals surface area contributed by atoms with Crippen molar-refractivity contribution in [2.24, 2.45) is 0 Å². The van der Waals surface area contributed by atoms with E-state index in [-0.39, 0.29) is 38.0 Å². The van der Waals surface area contributed by atoms with Crippen molar-refractivity contribution < 1.29 is 44.1 Å². The first-order valence-electron chi connectivity index (χ1n) is 20.9. The highest BCUT2D eigenvalue weighted by molar-refractivity contribution is 5.94. The molecule has 0 saturated carbocycles. The number of fused-ring (bicyclic) bond motifs is 1. The van der Waals surface area contributed by atoms with Crippen LogP contribution in [0.25, 0.3) is 10.8 Å². The second kappa shape index (κ2) is 23.4. The van der Waals surface area contributed by atoms with Crippen molar-refractivity contribution in [3.05, 3.63) is 155 Å². The highest BCUT2D eigenvalue weighted by Gasteiger charge is 2.30. The highest BCUT2D eigenvalue weighted by Crippen LogP contribution is 2.18. The molecule has 0 aromatic heterocycles. The van der Waals surface area contributed by atoms with E-state index in [2.05, 4.69) is 26.6 Å². The molecule has 14 heteroatoms. The molecule has 5 rings (SSSR count). The highest BCUT2D eigenvalue weighted by atomic mass is 16.4. The molecule has 0 aliphatic rings. The third-order valence-corrected chi connectivity index (χ3v) is 10.6. The summed E-state index contributed by atoms with van der Waals surface area (Å²) in [5.41, 5.74) is 3.99. The largest absolute Gasteiger partial charge is 0.481 e. The minimum Gasteiger partial charge on any atom is -0.481 e. The van der Waals surface area contributed by atoms with Gasteiger partial charge in [0.2, 0.25) is 23.6 Å². The minimum atomic E-state index is -1.68. The van der Waals surface area contributed by atoms with E-state index >= 15 is 0 Å². The van der Waals surface area contributed by atoms with Gasteiger partial charge in [-0.2, -0.15) is 0 Å². The molecule has 0 spiro atoms. The maximum Gasteiger partial charge on any atom is 0.321 e. The average Bonchev–Trinajstić information content (AvgIpc) is 3.26. The Morgan fingerprint density at radius 3 is 1.68 bits per heavy atom. The number of carboxylic acid groups (broad SMARTS) is 2. The molecule has 0 saturated heterocycles. The van der Waals surface area contributed by atoms with E-state index in [1.165, 1.54) is 0 Å². The van der Waals surface area contributed by atoms with Crippen LogP contribution in [-0.2, 0) is 54.5 Å². The third-order valence-electron chi connectivity index (χ3n) is 10.6. The van der Waals surface area contributed by atoms with E-state index in [0.29, 0.717) is 11.1 Å². The van der Waals surface area contributed by atoms with Crippen LogP contribution in [0.1, 0.15) is 60.4 Å². The topological polar surface area (TPSA) is 223 Å². The maximum atomic E-state index is 14.1. The van der Waals surface area contributed by atoms with Gasteiger partial charge in [-0.05, 0) is 57.3 Å². The van der Waals surface area contributed by atoms with Crippen LogP contribution in [0.4, 0.5) is 0 Å². The predicted molar refractivity (Wildman–Crippen MR) is 238 cm³/mol. The van der Waals surface area contributed by atoms with Gasteiger partial charge in [-0.1, -0.05) is 141 Å². The van der Waals surface area contributed by atoms with Crippen LogP contribution in [0.15, 0.2) is 127 Å². The number of aliphatic hydroxyl groups is 1. The molecule has 5 aromatic rings. The lowest BCUT2D eigenvalue weighted by Gasteiger charge is -2.28. The zero-order valence-corrected chi connectivity index (χ0v) is 35.3. The lowest BCUT2D eigenvalue weighted by atomic mass is 9.99. The number of hydrogen-bond acceptors (Lipinski definition) is 8. The molecular weight excluding hydrogens is 803 g/mol. The number of carboxylic acids is 2. The summed E-state index contributed by atoms with van der Waals surface area (Å²) in [5.74, 6) is -4.74. The summed E-state index contributed by atoms with van der Waals surface area (Å²) >= 11 is 0. The Bertz CT molecular complexity index is 2320. The second-order valence-corrected chi connectivity index (χ2v) is 15.8. The van der Waals surface area contributed by atoms with Gasteiger partial charge in [-0.15, -0.1) is 0 Å². The molecule has 0 heterocycles. The first-order chi connectivity index (χ1) is 30.2. The van der Waals surface area contributed by atoms with Gasteiger partial charge in [0.25, 0.3) is 0 Å². The summed E-state index contributed by atoms with van der Waals surface area (Å²) in [4.78, 5) is 78.4. The van der Waals surface area contributed by atoms with Crippen LogP contribution in [0.3, 0.4) is 0 Å². The normalized spacial score (nSPS) is 13.5. The van der Waals surface area contributed by atoms with Gasteiger partial charge in [0.15, 0.2) is 0 Å². The van der Waals surface area contributed by atoms with Gasteiger partial charge < -0.3 is 36.6 Å². The SMILES string of the molecule is CC(C)c1ccc(C[C@H](N[C@@H](O)[C@H](CCC(=O)O)NC(=O)CNC(=O)[C@H](Cc2ccccc2)NC(=O)[C@H](Cc2ccccc2)NC(=O)Cc2ccc3ccccc3c2)C(=O)O)cc1. The summed E-state index contributed by atoms with van der Waals surface area (Å²) in [6, 6.07) is 34.1. The van der Waals surface area contributed by atoms with Gasteiger partial charge in [0.1, 0.15) is 24.4 Å². The Morgan fingerprint density at radius 2 is 1.10 bits per heavy atom. The number of nitrogens with one attached hydrogen (secondary N) is 5. The fraction of sp³-hybridized carbons (Fsp3) is 0.306. The fourth-order valence-electron chi connectivity index (χ4n) is 7.12. The Morgan fingerprint density at radius 1 is 0.556 bits per heavy atom. The van der Waals surface area contributed by atoms with Gasteiger partial charge in [-0.25, -0.2) is 0 Å². The molecule has 5 atom stereocenters. The molecule has 0 aliphatic heterocycles. The summed E-state index contributed by atoms with van der Waals surface area (Å²) in [5, 5.41) is 45.8. The van der Waals surface area contributed by atoms with Gasteiger partial charge in [0, 0.05) is 19.3 Å². The molecule has 63 heavy (non-hydrogen) atoms. The first kappa shape index (κ1) is 47.2. The zero-order chi connectivity index (χ0) is 45.3. The van der Waals surface area contributed by atoms with Crippen LogP contribution in [0.2, 0.25) is 0 Å². The van der Waals surface area contributed by atoms with Crippen molar-refractivity contribution >= 4 is 46.3 Å². The van der Waals surface area contributed by atoms with Gasteiger partial charge in [0.05, 0.1) is 19.0 Å². The van der Waals surface area contributed by atoms with E-state index < -0.39 is 78.9 Å². The average molecular weight is 858 g/mol. The number of carbonyl (C=O) groups excluding carboxylic acids is 4. The van der Waals surface area contributed by atoms with Crippen molar-refractivity contribution in [2.75, 3.05) is 6.54 Å². The van der Waals surface area contributed by atoms with Crippen LogP contribution in [0, 0.1) is 0 Å². The summed E-state index contributed by atoms with van der Waals surface area (Å²) in [6.07, 6.45) is -2.24. The summed E-state index contributed by atoms with van der Waals surface area (Å²) < 4.78 is 0. The predicted octanol–water partition coefficient (Wildman–Crippen LogP) is 4.03. The quantitative estimate of drug-likeness (QED) is 0.0441. The molecule has 14 nitrogen and oxygen atoms in total. The molecule has 0 aliphatic carbocycles. The Kier molecular flexibility index (Phi) is 17.5. The van der Waals surface area contributed by atoms with E-state index in [0.717, 1.165) is 27.5 Å². The van der Waals surface area contributed by atoms with Crippen LogP contribution < -0.4 is 26.6 Å². The standard InChI is InChI=1S/C49H55N5O9/c1-31(2)36-20-17-34(18-21-36)28-42(49(62)63)54-47(60)39(23-24-45(57)58)51-44(56)30-50-46(59)40(26-32-11-5-3-6-12-32)53-48(61)41(27-33-13-7-4-8-14-33)52-43(55)29-35-19-22-37-15-9-10-16-38(37)25-35/h3-22,25,31,39-42,47,54,60H,23-24,26-30H2,1-2H3,(H,50,59)(H,51,56)(H,52,55)(H,53,61)(H,57,58)(H,62,63)/t39-,40-,41-,42-,47-/m0/s1. The van der Waals surface area contributed by atoms with Crippen molar-refractivity contribution in [3.63, 3.8) is 0 Å². The third kappa shape index (κ3) is 15.2. The Hall–Kier alpha value is -6.90. The number of carbonyl (C=O) groups is 6. The van der Waals surface area contributed by atoms with E-state index in [1.54, 1.807) is 42.5 Å². The molecule has 0 unspecified atom stereocenters. The molecule has 5 aromatic carbocycles. The molecule has 0 radical (unpaired) electrons. The molecule has 0 fully saturated rings. The number of benzene rings is 5. The number of aliphatic hydroxyl groups excluding tert-OH is 1. The molecule has 0 bridgehead atoms. The summed E-state index contributed by atoms with van der Waals surface area (Å²) in [7, 11) is 0. The lowest BCUT2D eigenvalue weighted by molar-refractivity contribution is -0.141. The van der Waals surface area contributed by atoms with E-state index in [9.17, 15) is 44.1 Å². The van der Waals surface area contributed by atoms with Crippen molar-refractivity contribution in [1.82, 2.24) is 26.6 Å². The molecular formula is C49H55N5O9. The Balaban J connectivity index is 1.26. The minimum absolute atomic E-state index is 0.00468. The monoisotopic (exact) mass is 857 g/mol. The second-order valence-electron chi connectivity index (χ2n) is 15.8. The molecule has 330 valence electrons. The molecule has 8 N–H and O–H groups in total. The van der Waals surface area contributed by atoms with Crippen molar-refractivity contribution in [2.45, 2.75) is 88.7 Å². The van der Waals surface area contributed by atoms with Crippen molar-refractivity contribution in [3.8, 4) is 0 Å². The van der Waals surface area contributed by atoms with E-state index in [4.69, 9.17) is 0 Å². The number of aliphatic carboxylic acids is 2. The smallest absolute Gasteiger partial charge is 0.321 e. The Labute approximate surface area is 366 Å². The number of hydrogen-bond donors (Lipinski definition) is 8. The van der Waals surface area contributed by atoms with E-state index in [1.807, 2.05) is 98.8 Å². The first-order valence-corrected chi connectivity index (χ1v) is 20.9. The fourth-order valence-corrected chi connectivity index (χ4v) is 7.12. The maximum absolute atomic E-state index is 14.1. The zero-order valence-electron chi connectivity index (χ0n) is 35.3. The van der Waals surface area contributed by atoms with Gasteiger partial charge >= 0.3 is 11.9 Å². The van der Waals surface area contributed by atoms with Crippen LogP contribution in [0.5, 0.6) is 0 Å².